The molecule has 0 fully saturated rings. The van der Waals surface area contributed by atoms with Crippen LogP contribution in [0.2, 0.25) is 0 Å². The SMILES string of the molecule is CCc1ccc([C@H](C)NC(=O)COC(=O)c2cc(F)ccc2Br)cc1. The molecule has 0 bridgehead atoms. The molecule has 0 unspecified atom stereocenters. The number of ether oxygens (including phenoxy) is 1. The third-order valence-corrected chi connectivity index (χ3v) is 4.44. The van der Waals surface area contributed by atoms with E-state index in [0.29, 0.717) is 4.47 Å². The van der Waals surface area contributed by atoms with Crippen molar-refractivity contribution in [2.45, 2.75) is 26.3 Å². The van der Waals surface area contributed by atoms with Crippen molar-refractivity contribution in [1.29, 1.82) is 0 Å². The Hall–Kier alpha value is -2.21. The number of amides is 1. The van der Waals surface area contributed by atoms with E-state index in [0.717, 1.165) is 18.1 Å². The molecule has 0 aliphatic rings. The molecule has 2 aromatic carbocycles. The van der Waals surface area contributed by atoms with Gasteiger partial charge >= 0.3 is 5.97 Å². The summed E-state index contributed by atoms with van der Waals surface area (Å²) in [6.45, 7) is 3.49. The van der Waals surface area contributed by atoms with Gasteiger partial charge in [0.15, 0.2) is 6.61 Å². The highest BCUT2D eigenvalue weighted by Crippen LogP contribution is 2.19. The number of rotatable bonds is 6. The van der Waals surface area contributed by atoms with Crippen LogP contribution in [-0.4, -0.2) is 18.5 Å². The molecule has 1 N–H and O–H groups in total. The molecule has 0 aromatic heterocycles. The molecule has 2 rings (SSSR count). The Morgan fingerprint density at radius 3 is 2.52 bits per heavy atom. The molecule has 6 heteroatoms. The number of carbonyl (C=O) groups excluding carboxylic acids is 2. The van der Waals surface area contributed by atoms with Crippen LogP contribution in [0.15, 0.2) is 46.9 Å². The molecule has 2 aromatic rings. The van der Waals surface area contributed by atoms with E-state index in [9.17, 15) is 14.0 Å². The Kier molecular flexibility index (Phi) is 6.70. The van der Waals surface area contributed by atoms with Crippen molar-refractivity contribution in [3.05, 3.63) is 69.4 Å². The third kappa shape index (κ3) is 5.39. The average molecular weight is 408 g/mol. The van der Waals surface area contributed by atoms with Gasteiger partial charge in [0.25, 0.3) is 5.91 Å². The van der Waals surface area contributed by atoms with Gasteiger partial charge in [0.1, 0.15) is 5.82 Å². The fraction of sp³-hybridized carbons (Fsp3) is 0.263. The number of carbonyl (C=O) groups is 2. The molecular formula is C19H19BrFNO3. The number of hydrogen-bond donors (Lipinski definition) is 1. The number of esters is 1. The number of hydrogen-bond acceptors (Lipinski definition) is 3. The van der Waals surface area contributed by atoms with Crippen molar-refractivity contribution < 1.29 is 18.7 Å². The van der Waals surface area contributed by atoms with Gasteiger partial charge in [-0.25, -0.2) is 9.18 Å². The first-order valence-corrected chi connectivity index (χ1v) is 8.70. The summed E-state index contributed by atoms with van der Waals surface area (Å²) < 4.78 is 18.6. The quantitative estimate of drug-likeness (QED) is 0.730. The van der Waals surface area contributed by atoms with Gasteiger partial charge in [0.2, 0.25) is 0 Å². The van der Waals surface area contributed by atoms with Crippen LogP contribution >= 0.6 is 15.9 Å². The Labute approximate surface area is 154 Å². The van der Waals surface area contributed by atoms with E-state index < -0.39 is 24.3 Å². The third-order valence-electron chi connectivity index (χ3n) is 3.75. The summed E-state index contributed by atoms with van der Waals surface area (Å²) in [5, 5.41) is 2.76. The van der Waals surface area contributed by atoms with E-state index in [1.54, 1.807) is 0 Å². The Bertz CT molecular complexity index is 762. The monoisotopic (exact) mass is 407 g/mol. The second-order valence-corrected chi connectivity index (χ2v) is 6.44. The first-order chi connectivity index (χ1) is 11.9. The van der Waals surface area contributed by atoms with Gasteiger partial charge in [-0.2, -0.15) is 0 Å². The van der Waals surface area contributed by atoms with Crippen LogP contribution in [0.3, 0.4) is 0 Å². The summed E-state index contributed by atoms with van der Waals surface area (Å²) in [5.74, 6) is -1.74. The zero-order valence-corrected chi connectivity index (χ0v) is 15.6. The van der Waals surface area contributed by atoms with Crippen LogP contribution in [0.1, 0.15) is 41.4 Å². The normalized spacial score (nSPS) is 11.7. The molecule has 0 radical (unpaired) electrons. The van der Waals surface area contributed by atoms with Crippen molar-refractivity contribution in [2.24, 2.45) is 0 Å². The number of nitrogens with one attached hydrogen (secondary N) is 1. The summed E-state index contributed by atoms with van der Waals surface area (Å²) in [4.78, 5) is 23.9. The highest BCUT2D eigenvalue weighted by molar-refractivity contribution is 9.10. The lowest BCUT2D eigenvalue weighted by atomic mass is 10.1. The maximum Gasteiger partial charge on any atom is 0.339 e. The van der Waals surface area contributed by atoms with Gasteiger partial charge < -0.3 is 10.1 Å². The van der Waals surface area contributed by atoms with Crippen LogP contribution < -0.4 is 5.32 Å². The van der Waals surface area contributed by atoms with E-state index in [2.05, 4.69) is 28.2 Å². The topological polar surface area (TPSA) is 55.4 Å². The maximum absolute atomic E-state index is 13.2. The molecule has 0 aliphatic carbocycles. The predicted octanol–water partition coefficient (Wildman–Crippen LogP) is 4.18. The van der Waals surface area contributed by atoms with Crippen molar-refractivity contribution in [3.8, 4) is 0 Å². The average Bonchev–Trinajstić information content (AvgIpc) is 2.61. The summed E-state index contributed by atoms with van der Waals surface area (Å²) in [6, 6.07) is 11.4. The molecule has 0 heterocycles. The first-order valence-electron chi connectivity index (χ1n) is 7.91. The highest BCUT2D eigenvalue weighted by atomic mass is 79.9. The maximum atomic E-state index is 13.2. The molecule has 0 saturated heterocycles. The van der Waals surface area contributed by atoms with Gasteiger partial charge in [-0.3, -0.25) is 4.79 Å². The number of benzene rings is 2. The standard InChI is InChI=1S/C19H19BrFNO3/c1-3-13-4-6-14(7-5-13)12(2)22-18(23)11-25-19(24)16-10-15(21)8-9-17(16)20/h4-10,12H,3,11H2,1-2H3,(H,22,23)/t12-/m0/s1. The summed E-state index contributed by atoms with van der Waals surface area (Å²) in [5.41, 5.74) is 2.22. The largest absolute Gasteiger partial charge is 0.452 e. The van der Waals surface area contributed by atoms with Crippen molar-refractivity contribution in [2.75, 3.05) is 6.61 Å². The Morgan fingerprint density at radius 2 is 1.88 bits per heavy atom. The van der Waals surface area contributed by atoms with E-state index in [-0.39, 0.29) is 11.6 Å². The van der Waals surface area contributed by atoms with Gasteiger partial charge in [-0.05, 0) is 58.6 Å². The molecule has 4 nitrogen and oxygen atoms in total. The molecule has 132 valence electrons. The number of halogens is 2. The van der Waals surface area contributed by atoms with E-state index in [1.165, 1.54) is 17.7 Å². The fourth-order valence-electron chi connectivity index (χ4n) is 2.27. The van der Waals surface area contributed by atoms with Crippen molar-refractivity contribution in [3.63, 3.8) is 0 Å². The lowest BCUT2D eigenvalue weighted by Gasteiger charge is -2.15. The van der Waals surface area contributed by atoms with Gasteiger partial charge in [-0.15, -0.1) is 0 Å². The van der Waals surface area contributed by atoms with Gasteiger partial charge in [0.05, 0.1) is 11.6 Å². The van der Waals surface area contributed by atoms with Crippen LogP contribution in [-0.2, 0) is 16.0 Å². The van der Waals surface area contributed by atoms with Gasteiger partial charge in [0, 0.05) is 4.47 Å². The fourth-order valence-corrected chi connectivity index (χ4v) is 2.68. The minimum Gasteiger partial charge on any atom is -0.452 e. The second kappa shape index (κ2) is 8.76. The molecule has 1 atom stereocenters. The lowest BCUT2D eigenvalue weighted by molar-refractivity contribution is -0.124. The highest BCUT2D eigenvalue weighted by Gasteiger charge is 2.16. The Morgan fingerprint density at radius 1 is 1.20 bits per heavy atom. The Balaban J connectivity index is 1.89. The molecule has 1 amide bonds. The van der Waals surface area contributed by atoms with E-state index in [4.69, 9.17) is 4.74 Å². The molecule has 0 spiro atoms. The van der Waals surface area contributed by atoms with Crippen molar-refractivity contribution >= 4 is 27.8 Å². The zero-order chi connectivity index (χ0) is 18.4. The summed E-state index contributed by atoms with van der Waals surface area (Å²) in [6.07, 6.45) is 0.951. The predicted molar refractivity (Wildman–Crippen MR) is 96.8 cm³/mol. The van der Waals surface area contributed by atoms with Crippen LogP contribution in [0.25, 0.3) is 0 Å². The molecular weight excluding hydrogens is 389 g/mol. The van der Waals surface area contributed by atoms with Gasteiger partial charge in [-0.1, -0.05) is 31.2 Å². The van der Waals surface area contributed by atoms with E-state index in [1.807, 2.05) is 31.2 Å². The van der Waals surface area contributed by atoms with Crippen LogP contribution in [0, 0.1) is 5.82 Å². The number of aryl methyl sites for hydroxylation is 1. The van der Waals surface area contributed by atoms with Crippen LogP contribution in [0.4, 0.5) is 4.39 Å². The smallest absolute Gasteiger partial charge is 0.339 e. The molecule has 25 heavy (non-hydrogen) atoms. The second-order valence-electron chi connectivity index (χ2n) is 5.58. The van der Waals surface area contributed by atoms with Crippen molar-refractivity contribution in [1.82, 2.24) is 5.32 Å². The minimum absolute atomic E-state index is 0.0380. The molecule has 0 saturated carbocycles. The first kappa shape index (κ1) is 19.1. The van der Waals surface area contributed by atoms with E-state index >= 15 is 0 Å². The summed E-state index contributed by atoms with van der Waals surface area (Å²) in [7, 11) is 0. The zero-order valence-electron chi connectivity index (χ0n) is 14.0. The molecule has 0 aliphatic heterocycles. The summed E-state index contributed by atoms with van der Waals surface area (Å²) >= 11 is 3.15. The lowest BCUT2D eigenvalue weighted by Crippen LogP contribution is -2.31. The minimum atomic E-state index is -0.763. The van der Waals surface area contributed by atoms with Crippen LogP contribution in [0.5, 0.6) is 0 Å².